The lowest BCUT2D eigenvalue weighted by Crippen LogP contribution is -2.23. The van der Waals surface area contributed by atoms with Gasteiger partial charge in [-0.1, -0.05) is 0 Å². The van der Waals surface area contributed by atoms with Crippen molar-refractivity contribution in [2.24, 2.45) is 0 Å². The highest BCUT2D eigenvalue weighted by Crippen LogP contribution is 2.34. The van der Waals surface area contributed by atoms with Gasteiger partial charge < -0.3 is 15.4 Å². The average Bonchev–Trinajstić information content (AvgIpc) is 2.90. The third kappa shape index (κ3) is 3.11. The minimum atomic E-state index is -1.20. The van der Waals surface area contributed by atoms with Crippen LogP contribution < -0.4 is 5.73 Å². The second kappa shape index (κ2) is 6.03. The van der Waals surface area contributed by atoms with Crippen molar-refractivity contribution in [3.8, 4) is 11.3 Å². The number of fused-ring (bicyclic) bond motifs is 1. The van der Waals surface area contributed by atoms with E-state index in [-0.39, 0.29) is 17.5 Å². The van der Waals surface area contributed by atoms with Gasteiger partial charge in [-0.15, -0.1) is 0 Å². The topological polar surface area (TPSA) is 89.8 Å². The Labute approximate surface area is 153 Å². The summed E-state index contributed by atoms with van der Waals surface area (Å²) in [5.41, 5.74) is 6.32. The number of aliphatic hydroxyl groups is 1. The van der Waals surface area contributed by atoms with Crippen LogP contribution in [0.2, 0.25) is 0 Å². The molecule has 0 fully saturated rings. The summed E-state index contributed by atoms with van der Waals surface area (Å²) in [4.78, 5) is 12.5. The molecule has 0 saturated carbocycles. The fourth-order valence-corrected chi connectivity index (χ4v) is 3.25. The van der Waals surface area contributed by atoms with E-state index in [0.29, 0.717) is 27.1 Å². The van der Waals surface area contributed by atoms with Gasteiger partial charge in [0.2, 0.25) is 5.95 Å². The number of hydrogen-bond donors (Lipinski definition) is 2. The molecule has 2 heterocycles. The number of benzene rings is 1. The second-order valence-corrected chi connectivity index (χ2v) is 7.56. The maximum absolute atomic E-state index is 14.8. The lowest BCUT2D eigenvalue weighted by atomic mass is 10.1. The standard InChI is InChI=1S/C17H19BrFN5O/c1-8(2)24-12-6-9(13-10(18)7-21-16(20)23-13)5-11(19)14(12)22-15(24)17(3,4)25/h5-8,25H,1-4H3,(H2,20,21,23). The van der Waals surface area contributed by atoms with Gasteiger partial charge >= 0.3 is 0 Å². The number of imidazole rings is 1. The van der Waals surface area contributed by atoms with Gasteiger partial charge in [0.1, 0.15) is 16.9 Å². The van der Waals surface area contributed by atoms with E-state index in [2.05, 4.69) is 30.9 Å². The predicted octanol–water partition coefficient (Wildman–Crippen LogP) is 3.79. The van der Waals surface area contributed by atoms with Crippen molar-refractivity contribution in [2.45, 2.75) is 39.3 Å². The first-order valence-electron chi connectivity index (χ1n) is 7.82. The summed E-state index contributed by atoms with van der Waals surface area (Å²) in [6, 6.07) is 3.15. The van der Waals surface area contributed by atoms with Gasteiger partial charge in [0, 0.05) is 17.8 Å². The van der Waals surface area contributed by atoms with E-state index >= 15 is 0 Å². The molecule has 0 aliphatic carbocycles. The van der Waals surface area contributed by atoms with Crippen LogP contribution >= 0.6 is 15.9 Å². The van der Waals surface area contributed by atoms with Gasteiger partial charge in [-0.25, -0.2) is 19.3 Å². The minimum absolute atomic E-state index is 0.0139. The van der Waals surface area contributed by atoms with E-state index in [4.69, 9.17) is 5.73 Å². The third-order valence-corrected chi connectivity index (χ3v) is 4.43. The molecule has 6 nitrogen and oxygen atoms in total. The Kier molecular flexibility index (Phi) is 4.28. The van der Waals surface area contributed by atoms with Crippen molar-refractivity contribution in [1.29, 1.82) is 0 Å². The number of anilines is 1. The summed E-state index contributed by atoms with van der Waals surface area (Å²) < 4.78 is 17.2. The van der Waals surface area contributed by atoms with Crippen molar-refractivity contribution in [3.63, 3.8) is 0 Å². The second-order valence-electron chi connectivity index (χ2n) is 6.71. The summed E-state index contributed by atoms with van der Waals surface area (Å²) in [6.45, 7) is 7.18. The molecular formula is C17H19BrFN5O. The van der Waals surface area contributed by atoms with E-state index in [0.717, 1.165) is 0 Å². The Hall–Kier alpha value is -2.06. The summed E-state index contributed by atoms with van der Waals surface area (Å²) in [5, 5.41) is 10.4. The molecule has 0 spiro atoms. The molecule has 2 aromatic heterocycles. The van der Waals surface area contributed by atoms with Crippen LogP contribution in [0.15, 0.2) is 22.8 Å². The highest BCUT2D eigenvalue weighted by molar-refractivity contribution is 9.10. The summed E-state index contributed by atoms with van der Waals surface area (Å²) in [5.74, 6) is 0.0320. The normalized spacial score (nSPS) is 12.3. The lowest BCUT2D eigenvalue weighted by Gasteiger charge is -2.21. The molecule has 1 aromatic carbocycles. The Bertz CT molecular complexity index is 962. The van der Waals surface area contributed by atoms with Crippen LogP contribution in [-0.4, -0.2) is 24.6 Å². The van der Waals surface area contributed by atoms with Gasteiger partial charge in [0.25, 0.3) is 0 Å². The Morgan fingerprint density at radius 1 is 1.28 bits per heavy atom. The fourth-order valence-electron chi connectivity index (χ4n) is 2.83. The van der Waals surface area contributed by atoms with Gasteiger partial charge in [0.05, 0.1) is 15.7 Å². The summed E-state index contributed by atoms with van der Waals surface area (Å²) in [7, 11) is 0. The van der Waals surface area contributed by atoms with Crippen LogP contribution in [0, 0.1) is 5.82 Å². The molecule has 0 saturated heterocycles. The maximum atomic E-state index is 14.8. The van der Waals surface area contributed by atoms with E-state index in [1.54, 1.807) is 19.9 Å². The number of rotatable bonds is 3. The molecule has 3 N–H and O–H groups in total. The number of nitrogens with zero attached hydrogens (tertiary/aromatic N) is 4. The van der Waals surface area contributed by atoms with Crippen LogP contribution in [0.25, 0.3) is 22.3 Å². The average molecular weight is 408 g/mol. The van der Waals surface area contributed by atoms with Crippen molar-refractivity contribution < 1.29 is 9.50 Å². The molecule has 0 atom stereocenters. The number of aromatic nitrogens is 4. The van der Waals surface area contributed by atoms with E-state index in [1.165, 1.54) is 12.3 Å². The van der Waals surface area contributed by atoms with Crippen LogP contribution in [-0.2, 0) is 5.60 Å². The van der Waals surface area contributed by atoms with Gasteiger partial charge in [-0.3, -0.25) is 0 Å². The molecule has 0 bridgehead atoms. The first-order valence-corrected chi connectivity index (χ1v) is 8.61. The van der Waals surface area contributed by atoms with E-state index < -0.39 is 11.4 Å². The SMILES string of the molecule is CC(C)n1c(C(C)(C)O)nc2c(F)cc(-c3nc(N)ncc3Br)cc21. The van der Waals surface area contributed by atoms with Gasteiger partial charge in [-0.05, 0) is 55.8 Å². The van der Waals surface area contributed by atoms with Crippen molar-refractivity contribution in [3.05, 3.63) is 34.4 Å². The zero-order chi connectivity index (χ0) is 18.5. The lowest BCUT2D eigenvalue weighted by molar-refractivity contribution is 0.0641. The van der Waals surface area contributed by atoms with Gasteiger partial charge in [0.15, 0.2) is 5.82 Å². The molecule has 132 valence electrons. The Balaban J connectivity index is 2.36. The largest absolute Gasteiger partial charge is 0.383 e. The van der Waals surface area contributed by atoms with Crippen molar-refractivity contribution >= 4 is 32.9 Å². The molecule has 0 amide bonds. The smallest absolute Gasteiger partial charge is 0.220 e. The molecule has 3 rings (SSSR count). The highest BCUT2D eigenvalue weighted by atomic mass is 79.9. The molecule has 3 aromatic rings. The number of nitrogen functional groups attached to an aromatic ring is 1. The number of hydrogen-bond acceptors (Lipinski definition) is 5. The summed E-state index contributed by atoms with van der Waals surface area (Å²) >= 11 is 3.37. The fraction of sp³-hybridized carbons (Fsp3) is 0.353. The van der Waals surface area contributed by atoms with Crippen LogP contribution in [0.3, 0.4) is 0 Å². The van der Waals surface area contributed by atoms with Crippen molar-refractivity contribution in [1.82, 2.24) is 19.5 Å². The maximum Gasteiger partial charge on any atom is 0.220 e. The molecule has 0 aliphatic rings. The Morgan fingerprint density at radius 3 is 2.56 bits per heavy atom. The molecule has 0 radical (unpaired) electrons. The monoisotopic (exact) mass is 407 g/mol. The summed E-state index contributed by atoms with van der Waals surface area (Å²) in [6.07, 6.45) is 1.53. The number of halogens is 2. The molecule has 8 heteroatoms. The molecule has 0 aliphatic heterocycles. The van der Waals surface area contributed by atoms with Crippen molar-refractivity contribution in [2.75, 3.05) is 5.73 Å². The van der Waals surface area contributed by atoms with E-state index in [1.807, 2.05) is 18.4 Å². The highest BCUT2D eigenvalue weighted by Gasteiger charge is 2.27. The molecule has 0 unspecified atom stereocenters. The van der Waals surface area contributed by atoms with Crippen LogP contribution in [0.5, 0.6) is 0 Å². The Morgan fingerprint density at radius 2 is 1.96 bits per heavy atom. The van der Waals surface area contributed by atoms with Crippen LogP contribution in [0.1, 0.15) is 39.6 Å². The quantitative estimate of drug-likeness (QED) is 0.689. The minimum Gasteiger partial charge on any atom is -0.383 e. The first-order chi connectivity index (χ1) is 11.6. The third-order valence-electron chi connectivity index (χ3n) is 3.85. The van der Waals surface area contributed by atoms with Crippen LogP contribution in [0.4, 0.5) is 10.3 Å². The molecular weight excluding hydrogens is 389 g/mol. The zero-order valence-corrected chi connectivity index (χ0v) is 16.0. The molecule has 25 heavy (non-hydrogen) atoms. The zero-order valence-electron chi connectivity index (χ0n) is 14.4. The predicted molar refractivity (Wildman–Crippen MR) is 98.5 cm³/mol. The van der Waals surface area contributed by atoms with E-state index in [9.17, 15) is 9.50 Å². The first kappa shape index (κ1) is 17.8. The number of nitrogens with two attached hydrogens (primary N) is 1. The van der Waals surface area contributed by atoms with Gasteiger partial charge in [-0.2, -0.15) is 0 Å².